The van der Waals surface area contributed by atoms with Crippen molar-refractivity contribution in [3.63, 3.8) is 0 Å². The van der Waals surface area contributed by atoms with Crippen LogP contribution < -0.4 is 4.90 Å². The number of benzene rings is 12. The molecule has 1 atom stereocenters. The smallest absolute Gasteiger partial charge is 0.143 e. The molecule has 0 fully saturated rings. The Hall–Kier alpha value is -9.70. The number of fused-ring (bicyclic) bond motifs is 16. The topological polar surface area (TPSA) is 21.3 Å². The van der Waals surface area contributed by atoms with Gasteiger partial charge in [0.2, 0.25) is 0 Å². The van der Waals surface area contributed by atoms with Crippen LogP contribution in [0.3, 0.4) is 0 Å². The summed E-state index contributed by atoms with van der Waals surface area (Å²) in [5.41, 5.74) is 22.6. The molecule has 16 rings (SSSR count). The van der Waals surface area contributed by atoms with Crippen molar-refractivity contribution in [1.29, 1.82) is 0 Å². The molecular weight excluding hydrogens is 897 g/mol. The largest absolute Gasteiger partial charge is 0.455 e. The van der Waals surface area contributed by atoms with Crippen LogP contribution in [0, 0.1) is 0 Å². The van der Waals surface area contributed by atoms with Gasteiger partial charge in [-0.15, -0.1) is 0 Å². The van der Waals surface area contributed by atoms with Crippen LogP contribution >= 0.6 is 0 Å². The molecule has 344 valence electrons. The predicted molar refractivity (Wildman–Crippen MR) is 307 cm³/mol. The summed E-state index contributed by atoms with van der Waals surface area (Å²) in [6.07, 6.45) is 0. The van der Waals surface area contributed by atoms with Crippen LogP contribution in [0.2, 0.25) is 0 Å². The molecule has 12 aromatic carbocycles. The Labute approximate surface area is 428 Å². The third-order valence-electron chi connectivity index (χ3n) is 16.2. The quantitative estimate of drug-likeness (QED) is 0.166. The molecule has 1 aliphatic heterocycles. The van der Waals surface area contributed by atoms with Gasteiger partial charge >= 0.3 is 0 Å². The van der Waals surface area contributed by atoms with E-state index >= 15 is 0 Å². The molecule has 3 heteroatoms. The minimum atomic E-state index is -0.618. The molecule has 1 spiro atoms. The number of rotatable bonds is 6. The van der Waals surface area contributed by atoms with E-state index in [-0.39, 0.29) is 0 Å². The Morgan fingerprint density at radius 2 is 0.919 bits per heavy atom. The molecule has 0 saturated heterocycles. The zero-order chi connectivity index (χ0) is 48.5. The van der Waals surface area contributed by atoms with Crippen molar-refractivity contribution in [1.82, 2.24) is 4.57 Å². The first-order chi connectivity index (χ1) is 36.7. The fourth-order valence-electron chi connectivity index (χ4n) is 13.2. The number of hydrogen-bond donors (Lipinski definition) is 0. The lowest BCUT2D eigenvalue weighted by Crippen LogP contribution is -2.33. The molecule has 2 aliphatic rings. The maximum absolute atomic E-state index is 6.70. The van der Waals surface area contributed by atoms with Gasteiger partial charge in [0.05, 0.1) is 27.8 Å². The average molecular weight is 941 g/mol. The SMILES string of the molecule is c1cc(-c2cccc3c2oc2ccccc23)cc(N(c2ccc3c(c2)C2(c4ccccc4-3)c3ccccc3-n3c4ccccc4c4cccc2c43)c2ccccc2-c2ccccc2-c2cccc3ccccc23)c1. The summed E-state index contributed by atoms with van der Waals surface area (Å²) in [5, 5.41) is 7.22. The Morgan fingerprint density at radius 3 is 1.82 bits per heavy atom. The van der Waals surface area contributed by atoms with Crippen LogP contribution in [0.25, 0.3) is 105 Å². The van der Waals surface area contributed by atoms with Crippen LogP contribution in [-0.2, 0) is 5.41 Å². The van der Waals surface area contributed by atoms with E-state index in [1.807, 2.05) is 6.07 Å². The molecule has 0 radical (unpaired) electrons. The molecule has 0 N–H and O–H groups in total. The number of furan rings is 1. The van der Waals surface area contributed by atoms with Crippen molar-refractivity contribution in [2.45, 2.75) is 5.41 Å². The lowest BCUT2D eigenvalue weighted by molar-refractivity contribution is 0.670. The number of anilines is 3. The normalized spacial score (nSPS) is 14.3. The molecule has 1 unspecified atom stereocenters. The van der Waals surface area contributed by atoms with Crippen molar-refractivity contribution in [3.05, 3.63) is 289 Å². The highest BCUT2D eigenvalue weighted by atomic mass is 16.3. The Bertz CT molecular complexity index is 4640. The molecule has 3 heterocycles. The summed E-state index contributed by atoms with van der Waals surface area (Å²) in [5.74, 6) is 0. The first kappa shape index (κ1) is 41.0. The Morgan fingerprint density at radius 1 is 0.338 bits per heavy atom. The highest BCUT2D eigenvalue weighted by molar-refractivity contribution is 6.13. The third kappa shape index (κ3) is 5.61. The standard InChI is InChI=1S/C71H44N2O/c1-2-23-49-45(19-1)20-16-31-51(49)52-24-3-4-25-53(52)56-27-6-11-37-65(56)72(47-22-15-21-46(43-47)50-30-17-33-60-58-29-8-14-40-68(58)74-70(50)60)48-41-42-55-54-26-5-9-34-61(54)71(64(55)44-48)62-35-10-13-39-67(62)73-66-38-12-7-28-57(66)59-32-18-36-63(71)69(59)73/h1-44H. The van der Waals surface area contributed by atoms with Crippen molar-refractivity contribution in [3.8, 4) is 50.2 Å². The van der Waals surface area contributed by atoms with Crippen LogP contribution in [0.4, 0.5) is 17.1 Å². The van der Waals surface area contributed by atoms with Gasteiger partial charge in [0.15, 0.2) is 0 Å². The van der Waals surface area contributed by atoms with Crippen LogP contribution in [0.1, 0.15) is 22.3 Å². The summed E-state index contributed by atoms with van der Waals surface area (Å²) in [6.45, 7) is 0. The van der Waals surface area contributed by atoms with E-state index in [9.17, 15) is 0 Å². The van der Waals surface area contributed by atoms with Gasteiger partial charge in [-0.1, -0.05) is 218 Å². The van der Waals surface area contributed by atoms with Crippen molar-refractivity contribution < 1.29 is 4.42 Å². The van der Waals surface area contributed by atoms with Crippen LogP contribution in [-0.4, -0.2) is 4.57 Å². The first-order valence-corrected chi connectivity index (χ1v) is 25.6. The lowest BCUT2D eigenvalue weighted by atomic mass is 9.65. The van der Waals surface area contributed by atoms with Crippen LogP contribution in [0.5, 0.6) is 0 Å². The van der Waals surface area contributed by atoms with E-state index < -0.39 is 5.41 Å². The summed E-state index contributed by atoms with van der Waals surface area (Å²) in [7, 11) is 0. The Balaban J connectivity index is 0.979. The molecule has 0 bridgehead atoms. The van der Waals surface area contributed by atoms with Crippen molar-refractivity contribution in [2.75, 3.05) is 4.90 Å². The second kappa shape index (κ2) is 15.6. The second-order valence-corrected chi connectivity index (χ2v) is 19.9. The zero-order valence-electron chi connectivity index (χ0n) is 40.2. The monoisotopic (exact) mass is 940 g/mol. The maximum atomic E-state index is 6.70. The highest BCUT2D eigenvalue weighted by Gasteiger charge is 2.51. The number of para-hydroxylation sites is 6. The molecule has 74 heavy (non-hydrogen) atoms. The second-order valence-electron chi connectivity index (χ2n) is 19.9. The minimum absolute atomic E-state index is 0.618. The van der Waals surface area contributed by atoms with E-state index in [1.54, 1.807) is 0 Å². The molecule has 0 amide bonds. The molecule has 2 aromatic heterocycles. The summed E-state index contributed by atoms with van der Waals surface area (Å²) in [4.78, 5) is 2.50. The first-order valence-electron chi connectivity index (χ1n) is 25.6. The number of aromatic nitrogens is 1. The van der Waals surface area contributed by atoms with E-state index in [0.29, 0.717) is 0 Å². The van der Waals surface area contributed by atoms with Crippen molar-refractivity contribution >= 4 is 71.6 Å². The zero-order valence-corrected chi connectivity index (χ0v) is 40.2. The van der Waals surface area contributed by atoms with Gasteiger partial charge in [0.25, 0.3) is 0 Å². The Kier molecular flexibility index (Phi) is 8.66. The van der Waals surface area contributed by atoms with Gasteiger partial charge < -0.3 is 13.9 Å². The highest BCUT2D eigenvalue weighted by Crippen LogP contribution is 2.62. The fourth-order valence-corrected chi connectivity index (χ4v) is 13.2. The number of hydrogen-bond acceptors (Lipinski definition) is 2. The van der Waals surface area contributed by atoms with Gasteiger partial charge in [-0.2, -0.15) is 0 Å². The predicted octanol–water partition coefficient (Wildman–Crippen LogP) is 19.0. The minimum Gasteiger partial charge on any atom is -0.455 e. The van der Waals surface area contributed by atoms with Gasteiger partial charge in [0.1, 0.15) is 11.2 Å². The van der Waals surface area contributed by atoms with Crippen LogP contribution in [0.15, 0.2) is 271 Å². The molecule has 14 aromatic rings. The van der Waals surface area contributed by atoms with Gasteiger partial charge in [0, 0.05) is 44.0 Å². The maximum Gasteiger partial charge on any atom is 0.143 e. The third-order valence-corrected chi connectivity index (χ3v) is 16.2. The number of nitrogens with zero attached hydrogens (tertiary/aromatic N) is 2. The summed E-state index contributed by atoms with van der Waals surface area (Å²) < 4.78 is 9.22. The molecule has 1 aliphatic carbocycles. The van der Waals surface area contributed by atoms with E-state index in [2.05, 4.69) is 270 Å². The lowest BCUT2D eigenvalue weighted by Gasteiger charge is -2.40. The van der Waals surface area contributed by atoms with E-state index in [0.717, 1.165) is 55.7 Å². The summed E-state index contributed by atoms with van der Waals surface area (Å²) in [6, 6.07) is 98.6. The molecular formula is C71H44N2O. The molecule has 0 saturated carbocycles. The van der Waals surface area contributed by atoms with Crippen molar-refractivity contribution in [2.24, 2.45) is 0 Å². The van der Waals surface area contributed by atoms with Gasteiger partial charge in [-0.25, -0.2) is 0 Å². The van der Waals surface area contributed by atoms with E-state index in [1.165, 1.54) is 88.3 Å². The fraction of sp³-hybridized carbons (Fsp3) is 0.0141. The molecule has 3 nitrogen and oxygen atoms in total. The van der Waals surface area contributed by atoms with Gasteiger partial charge in [-0.3, -0.25) is 0 Å². The van der Waals surface area contributed by atoms with Gasteiger partial charge in [-0.05, 0) is 115 Å². The summed E-state index contributed by atoms with van der Waals surface area (Å²) >= 11 is 0. The average Bonchev–Trinajstić information content (AvgIpc) is 4.16. The van der Waals surface area contributed by atoms with E-state index in [4.69, 9.17) is 4.42 Å².